The van der Waals surface area contributed by atoms with E-state index in [9.17, 15) is 18.0 Å². The maximum atomic E-state index is 13.2. The predicted octanol–water partition coefficient (Wildman–Crippen LogP) is 1.95. The molecule has 2 aromatic rings. The van der Waals surface area contributed by atoms with Crippen molar-refractivity contribution in [2.75, 3.05) is 20.3 Å². The van der Waals surface area contributed by atoms with Crippen molar-refractivity contribution in [3.05, 3.63) is 59.7 Å². The van der Waals surface area contributed by atoms with Gasteiger partial charge in [0.15, 0.2) is 6.61 Å². The summed E-state index contributed by atoms with van der Waals surface area (Å²) < 4.78 is 37.6. The zero-order valence-corrected chi connectivity index (χ0v) is 19.9. The Morgan fingerprint density at radius 3 is 2.47 bits per heavy atom. The van der Waals surface area contributed by atoms with Crippen LogP contribution < -0.4 is 10.1 Å². The second kappa shape index (κ2) is 11.1. The van der Waals surface area contributed by atoms with Gasteiger partial charge in [-0.25, -0.2) is 13.2 Å². The lowest BCUT2D eigenvalue weighted by Crippen LogP contribution is -2.51. The SMILES string of the molecule is COC(=O)[C@H](Cc1ccc(OCC#N)cc1)NC(=O)[C@@H]1CCCN1S(=O)(=O)c1ccc(C)cc1. The zero-order chi connectivity index (χ0) is 24.7. The second-order valence-electron chi connectivity index (χ2n) is 7.97. The van der Waals surface area contributed by atoms with Crippen LogP contribution >= 0.6 is 0 Å². The topological polar surface area (TPSA) is 126 Å². The Balaban J connectivity index is 1.74. The molecule has 1 amide bonds. The van der Waals surface area contributed by atoms with E-state index in [2.05, 4.69) is 5.32 Å². The van der Waals surface area contributed by atoms with E-state index in [0.717, 1.165) is 11.1 Å². The average Bonchev–Trinajstić information content (AvgIpc) is 3.34. The number of benzene rings is 2. The number of amides is 1. The highest BCUT2D eigenvalue weighted by molar-refractivity contribution is 7.89. The number of esters is 1. The molecule has 1 heterocycles. The van der Waals surface area contributed by atoms with E-state index in [0.29, 0.717) is 18.6 Å². The summed E-state index contributed by atoms with van der Waals surface area (Å²) in [5.74, 6) is -0.673. The number of rotatable bonds is 9. The van der Waals surface area contributed by atoms with Crippen molar-refractivity contribution in [3.8, 4) is 11.8 Å². The molecule has 0 spiro atoms. The van der Waals surface area contributed by atoms with Gasteiger partial charge in [0.25, 0.3) is 0 Å². The minimum atomic E-state index is -3.86. The van der Waals surface area contributed by atoms with E-state index in [1.54, 1.807) is 36.4 Å². The van der Waals surface area contributed by atoms with Gasteiger partial charge < -0.3 is 14.8 Å². The fourth-order valence-electron chi connectivity index (χ4n) is 3.81. The summed E-state index contributed by atoms with van der Waals surface area (Å²) in [6.07, 6.45) is 1.04. The minimum absolute atomic E-state index is 0.0798. The fourth-order valence-corrected chi connectivity index (χ4v) is 5.47. The summed E-state index contributed by atoms with van der Waals surface area (Å²) in [5.41, 5.74) is 1.66. The molecule has 1 N–H and O–H groups in total. The lowest BCUT2D eigenvalue weighted by Gasteiger charge is -2.25. The molecule has 0 aliphatic carbocycles. The normalized spacial score (nSPS) is 16.9. The highest BCUT2D eigenvalue weighted by atomic mass is 32.2. The highest BCUT2D eigenvalue weighted by Crippen LogP contribution is 2.26. The van der Waals surface area contributed by atoms with Crippen molar-refractivity contribution in [2.24, 2.45) is 0 Å². The van der Waals surface area contributed by atoms with Crippen molar-refractivity contribution >= 4 is 21.9 Å². The summed E-state index contributed by atoms with van der Waals surface area (Å²) in [7, 11) is -2.64. The smallest absolute Gasteiger partial charge is 0.328 e. The molecular weight excluding hydrogens is 458 g/mol. The van der Waals surface area contributed by atoms with Gasteiger partial charge in [0.05, 0.1) is 12.0 Å². The third-order valence-corrected chi connectivity index (χ3v) is 7.53. The lowest BCUT2D eigenvalue weighted by atomic mass is 10.0. The molecule has 180 valence electrons. The van der Waals surface area contributed by atoms with E-state index < -0.39 is 34.0 Å². The Morgan fingerprint density at radius 1 is 1.18 bits per heavy atom. The molecule has 0 saturated carbocycles. The Hall–Kier alpha value is -3.42. The van der Waals surface area contributed by atoms with Gasteiger partial charge in [-0.1, -0.05) is 29.8 Å². The van der Waals surface area contributed by atoms with Gasteiger partial charge in [-0.3, -0.25) is 4.79 Å². The number of methoxy groups -OCH3 is 1. The summed E-state index contributed by atoms with van der Waals surface area (Å²) in [5, 5.41) is 11.3. The van der Waals surface area contributed by atoms with Crippen LogP contribution in [0.3, 0.4) is 0 Å². The molecule has 9 nitrogen and oxygen atoms in total. The standard InChI is InChI=1S/C24H27N3O6S/c1-17-5-11-20(12-6-17)34(30,31)27-14-3-4-22(27)23(28)26-21(24(29)32-2)16-18-7-9-19(10-8-18)33-15-13-25/h5-12,21-22H,3-4,14-16H2,1-2H3,(H,26,28)/t21-,22-/m0/s1. The van der Waals surface area contributed by atoms with Gasteiger partial charge in [0, 0.05) is 13.0 Å². The predicted molar refractivity (Wildman–Crippen MR) is 123 cm³/mol. The highest BCUT2D eigenvalue weighted by Gasteiger charge is 2.40. The fraction of sp³-hybridized carbons (Fsp3) is 0.375. The number of nitrogens with zero attached hydrogens (tertiary/aromatic N) is 2. The molecular formula is C24H27N3O6S. The Morgan fingerprint density at radius 2 is 1.85 bits per heavy atom. The number of ether oxygens (including phenoxy) is 2. The molecule has 0 unspecified atom stereocenters. The Bertz CT molecular complexity index is 1160. The number of nitriles is 1. The van der Waals surface area contributed by atoms with E-state index in [1.165, 1.54) is 23.5 Å². The molecule has 2 aromatic carbocycles. The van der Waals surface area contributed by atoms with Crippen LogP contribution in [0.5, 0.6) is 5.75 Å². The van der Waals surface area contributed by atoms with Crippen molar-refractivity contribution in [1.82, 2.24) is 9.62 Å². The van der Waals surface area contributed by atoms with Crippen LogP contribution in [0.25, 0.3) is 0 Å². The molecule has 1 fully saturated rings. The van der Waals surface area contributed by atoms with Gasteiger partial charge in [0.2, 0.25) is 15.9 Å². The Labute approximate surface area is 199 Å². The first-order chi connectivity index (χ1) is 16.3. The maximum Gasteiger partial charge on any atom is 0.328 e. The zero-order valence-electron chi connectivity index (χ0n) is 19.1. The number of aryl methyl sites for hydroxylation is 1. The van der Waals surface area contributed by atoms with Crippen LogP contribution in [0.15, 0.2) is 53.4 Å². The first kappa shape index (κ1) is 25.2. The van der Waals surface area contributed by atoms with Crippen LogP contribution in [0.4, 0.5) is 0 Å². The molecule has 0 bridgehead atoms. The summed E-state index contributed by atoms with van der Waals surface area (Å²) in [4.78, 5) is 25.6. The molecule has 1 aliphatic rings. The number of carbonyl (C=O) groups is 2. The third-order valence-electron chi connectivity index (χ3n) is 5.60. The van der Waals surface area contributed by atoms with Crippen molar-refractivity contribution in [3.63, 3.8) is 0 Å². The van der Waals surface area contributed by atoms with Gasteiger partial charge in [0.1, 0.15) is 23.9 Å². The first-order valence-electron chi connectivity index (χ1n) is 10.8. The number of hydrogen-bond donors (Lipinski definition) is 1. The second-order valence-corrected chi connectivity index (χ2v) is 9.86. The third kappa shape index (κ3) is 5.92. The average molecular weight is 486 g/mol. The minimum Gasteiger partial charge on any atom is -0.479 e. The van der Waals surface area contributed by atoms with Crippen LogP contribution in [0.1, 0.15) is 24.0 Å². The number of sulfonamides is 1. The molecule has 1 aliphatic heterocycles. The van der Waals surface area contributed by atoms with Crippen molar-refractivity contribution in [2.45, 2.75) is 43.2 Å². The van der Waals surface area contributed by atoms with Crippen LogP contribution in [-0.4, -0.2) is 56.9 Å². The molecule has 34 heavy (non-hydrogen) atoms. The van der Waals surface area contributed by atoms with E-state index in [1.807, 2.05) is 13.0 Å². The molecule has 1 saturated heterocycles. The van der Waals surface area contributed by atoms with Gasteiger partial charge in [-0.2, -0.15) is 9.57 Å². The first-order valence-corrected chi connectivity index (χ1v) is 12.3. The number of carbonyl (C=O) groups excluding carboxylic acids is 2. The van der Waals surface area contributed by atoms with Crippen LogP contribution in [-0.2, 0) is 30.8 Å². The maximum absolute atomic E-state index is 13.2. The quantitative estimate of drug-likeness (QED) is 0.538. The molecule has 10 heteroatoms. The van der Waals surface area contributed by atoms with Crippen LogP contribution in [0, 0.1) is 18.3 Å². The monoisotopic (exact) mass is 485 g/mol. The molecule has 3 rings (SSSR count). The molecule has 2 atom stereocenters. The van der Waals surface area contributed by atoms with Gasteiger partial charge in [-0.05, 0) is 49.6 Å². The van der Waals surface area contributed by atoms with Crippen molar-refractivity contribution < 1.29 is 27.5 Å². The number of hydrogen-bond acceptors (Lipinski definition) is 7. The lowest BCUT2D eigenvalue weighted by molar-refractivity contribution is -0.145. The van der Waals surface area contributed by atoms with Gasteiger partial charge in [-0.15, -0.1) is 0 Å². The van der Waals surface area contributed by atoms with E-state index in [4.69, 9.17) is 14.7 Å². The van der Waals surface area contributed by atoms with Crippen molar-refractivity contribution in [1.29, 1.82) is 5.26 Å². The Kier molecular flexibility index (Phi) is 8.26. The molecule has 0 aromatic heterocycles. The molecule has 0 radical (unpaired) electrons. The largest absolute Gasteiger partial charge is 0.479 e. The van der Waals surface area contributed by atoms with Gasteiger partial charge >= 0.3 is 5.97 Å². The van der Waals surface area contributed by atoms with E-state index in [-0.39, 0.29) is 24.5 Å². The summed E-state index contributed by atoms with van der Waals surface area (Å²) >= 11 is 0. The summed E-state index contributed by atoms with van der Waals surface area (Å²) in [6.45, 7) is 2.01. The number of nitrogens with one attached hydrogen (secondary N) is 1. The summed E-state index contributed by atoms with van der Waals surface area (Å²) in [6, 6.07) is 13.2. The van der Waals surface area contributed by atoms with Crippen LogP contribution in [0.2, 0.25) is 0 Å². The van der Waals surface area contributed by atoms with E-state index >= 15 is 0 Å².